The molecular formula is C23H23NO4. The van der Waals surface area contributed by atoms with Gasteiger partial charge in [-0.1, -0.05) is 54.6 Å². The number of aliphatic hydroxyl groups is 2. The lowest BCUT2D eigenvalue weighted by Crippen LogP contribution is -2.61. The molecule has 0 aromatic heterocycles. The SMILES string of the molecule is CC(=O)C1=C(c2ccccc2)N(C(C)(C)C)C2(O)c3ccccc3C(=O)C12O. The molecular weight excluding hydrogens is 354 g/mol. The molecule has 28 heavy (non-hydrogen) atoms. The molecule has 2 atom stereocenters. The molecule has 1 heterocycles. The van der Waals surface area contributed by atoms with Crippen LogP contribution in [-0.2, 0) is 10.5 Å². The van der Waals surface area contributed by atoms with Gasteiger partial charge in [0.25, 0.3) is 0 Å². The highest BCUT2D eigenvalue weighted by atomic mass is 16.4. The third kappa shape index (κ3) is 2.03. The fraction of sp³-hybridized carbons (Fsp3) is 0.304. The van der Waals surface area contributed by atoms with Crippen molar-refractivity contribution in [2.45, 2.75) is 44.6 Å². The fourth-order valence-electron chi connectivity index (χ4n) is 4.66. The molecule has 0 saturated heterocycles. The van der Waals surface area contributed by atoms with Gasteiger partial charge in [-0.25, -0.2) is 0 Å². The molecule has 1 aliphatic heterocycles. The van der Waals surface area contributed by atoms with Crippen molar-refractivity contribution in [2.75, 3.05) is 0 Å². The minimum Gasteiger partial charge on any atom is -0.372 e. The van der Waals surface area contributed by atoms with Crippen LogP contribution in [0.5, 0.6) is 0 Å². The lowest BCUT2D eigenvalue weighted by molar-refractivity contribution is -0.187. The summed E-state index contributed by atoms with van der Waals surface area (Å²) in [4.78, 5) is 27.7. The van der Waals surface area contributed by atoms with Gasteiger partial charge in [0.15, 0.2) is 5.78 Å². The van der Waals surface area contributed by atoms with E-state index in [1.54, 1.807) is 41.3 Å². The van der Waals surface area contributed by atoms with Crippen molar-refractivity contribution in [2.24, 2.45) is 0 Å². The third-order valence-electron chi connectivity index (χ3n) is 5.60. The number of hydrogen-bond donors (Lipinski definition) is 2. The van der Waals surface area contributed by atoms with E-state index in [0.717, 1.165) is 0 Å². The minimum atomic E-state index is -2.37. The number of Topliss-reactive ketones (excluding diaryl/α,β-unsaturated/α-hetero) is 2. The van der Waals surface area contributed by atoms with Crippen LogP contribution in [0.3, 0.4) is 0 Å². The molecule has 0 amide bonds. The van der Waals surface area contributed by atoms with Crippen molar-refractivity contribution >= 4 is 17.3 Å². The van der Waals surface area contributed by atoms with E-state index in [0.29, 0.717) is 16.8 Å². The first-order chi connectivity index (χ1) is 13.1. The minimum absolute atomic E-state index is 0.0719. The summed E-state index contributed by atoms with van der Waals surface area (Å²) in [6.45, 7) is 6.95. The summed E-state index contributed by atoms with van der Waals surface area (Å²) in [5.74, 6) is -1.11. The smallest absolute Gasteiger partial charge is 0.210 e. The maximum absolute atomic E-state index is 13.3. The number of hydrogen-bond acceptors (Lipinski definition) is 5. The van der Waals surface area contributed by atoms with E-state index in [1.807, 2.05) is 39.0 Å². The molecule has 2 N–H and O–H groups in total. The van der Waals surface area contributed by atoms with E-state index in [1.165, 1.54) is 6.92 Å². The highest BCUT2D eigenvalue weighted by Gasteiger charge is 2.74. The fourth-order valence-corrected chi connectivity index (χ4v) is 4.66. The van der Waals surface area contributed by atoms with Gasteiger partial charge in [-0.05, 0) is 33.3 Å². The zero-order valence-corrected chi connectivity index (χ0v) is 16.4. The summed E-state index contributed by atoms with van der Waals surface area (Å²) in [7, 11) is 0. The third-order valence-corrected chi connectivity index (χ3v) is 5.60. The average Bonchev–Trinajstić information content (AvgIpc) is 2.97. The second kappa shape index (κ2) is 5.63. The largest absolute Gasteiger partial charge is 0.372 e. The molecule has 0 saturated carbocycles. The summed E-state index contributed by atoms with van der Waals surface area (Å²) >= 11 is 0. The molecule has 144 valence electrons. The predicted octanol–water partition coefficient (Wildman–Crippen LogP) is 2.87. The van der Waals surface area contributed by atoms with Crippen molar-refractivity contribution in [1.82, 2.24) is 4.90 Å². The molecule has 2 unspecified atom stereocenters. The zero-order valence-electron chi connectivity index (χ0n) is 16.4. The first kappa shape index (κ1) is 18.6. The van der Waals surface area contributed by atoms with Gasteiger partial charge in [0, 0.05) is 16.7 Å². The normalized spacial score (nSPS) is 26.5. The van der Waals surface area contributed by atoms with Gasteiger partial charge in [0.2, 0.25) is 17.1 Å². The number of benzene rings is 2. The van der Waals surface area contributed by atoms with E-state index in [9.17, 15) is 19.8 Å². The van der Waals surface area contributed by atoms with Crippen LogP contribution < -0.4 is 0 Å². The first-order valence-corrected chi connectivity index (χ1v) is 9.26. The lowest BCUT2D eigenvalue weighted by atomic mass is 9.82. The van der Waals surface area contributed by atoms with E-state index in [2.05, 4.69) is 0 Å². The number of fused-ring (bicyclic) bond motifs is 3. The number of nitrogens with zero attached hydrogens (tertiary/aromatic N) is 1. The summed E-state index contributed by atoms with van der Waals surface area (Å²) < 4.78 is 0. The topological polar surface area (TPSA) is 77.8 Å². The maximum atomic E-state index is 13.3. The second-order valence-corrected chi connectivity index (χ2v) is 8.41. The predicted molar refractivity (Wildman–Crippen MR) is 105 cm³/mol. The Morgan fingerprint density at radius 1 is 0.964 bits per heavy atom. The van der Waals surface area contributed by atoms with Crippen LogP contribution in [0.15, 0.2) is 60.2 Å². The van der Waals surface area contributed by atoms with Gasteiger partial charge < -0.3 is 15.1 Å². The second-order valence-electron chi connectivity index (χ2n) is 8.41. The molecule has 2 aromatic rings. The Bertz CT molecular complexity index is 1030. The van der Waals surface area contributed by atoms with Crippen molar-refractivity contribution < 1.29 is 19.8 Å². The number of carbonyl (C=O) groups excluding carboxylic acids is 2. The van der Waals surface area contributed by atoms with Crippen molar-refractivity contribution in [3.8, 4) is 0 Å². The van der Waals surface area contributed by atoms with E-state index >= 15 is 0 Å². The lowest BCUT2D eigenvalue weighted by Gasteiger charge is -2.47. The summed E-state index contributed by atoms with van der Waals surface area (Å²) in [5, 5.41) is 23.8. The quantitative estimate of drug-likeness (QED) is 0.842. The Morgan fingerprint density at radius 3 is 2.11 bits per heavy atom. The van der Waals surface area contributed by atoms with Crippen LogP contribution in [0.2, 0.25) is 0 Å². The Morgan fingerprint density at radius 2 is 1.54 bits per heavy atom. The Labute approximate surface area is 163 Å². The Kier molecular flexibility index (Phi) is 3.74. The number of rotatable bonds is 2. The van der Waals surface area contributed by atoms with E-state index in [-0.39, 0.29) is 11.1 Å². The molecule has 1 aliphatic carbocycles. The van der Waals surface area contributed by atoms with Crippen LogP contribution in [0, 0.1) is 0 Å². The highest BCUT2D eigenvalue weighted by Crippen LogP contribution is 2.60. The molecule has 5 heteroatoms. The molecule has 4 rings (SSSR count). The van der Waals surface area contributed by atoms with E-state index in [4.69, 9.17) is 0 Å². The average molecular weight is 377 g/mol. The van der Waals surface area contributed by atoms with Gasteiger partial charge in [-0.15, -0.1) is 0 Å². The standard InChI is InChI=1S/C23H23NO4/c1-14(25)18-19(15-10-6-5-7-11-15)24(21(2,3)4)23(28)17-13-9-8-12-16(17)20(26)22(18,23)27/h5-13,27-28H,1-4H3. The van der Waals surface area contributed by atoms with E-state index < -0.39 is 28.4 Å². The molecule has 5 nitrogen and oxygen atoms in total. The molecule has 0 spiro atoms. The van der Waals surface area contributed by atoms with Gasteiger partial charge in [0.1, 0.15) is 0 Å². The molecule has 0 fully saturated rings. The molecule has 0 radical (unpaired) electrons. The summed E-state index contributed by atoms with van der Waals surface area (Å²) in [6.07, 6.45) is 0. The first-order valence-electron chi connectivity index (χ1n) is 9.26. The summed E-state index contributed by atoms with van der Waals surface area (Å²) in [5.41, 5.74) is -3.65. The van der Waals surface area contributed by atoms with Gasteiger partial charge in [0.05, 0.1) is 11.3 Å². The molecule has 2 aromatic carbocycles. The van der Waals surface area contributed by atoms with Crippen molar-refractivity contribution in [1.29, 1.82) is 0 Å². The monoisotopic (exact) mass is 377 g/mol. The van der Waals surface area contributed by atoms with Crippen LogP contribution in [0.1, 0.15) is 49.2 Å². The van der Waals surface area contributed by atoms with Gasteiger partial charge in [-0.2, -0.15) is 0 Å². The van der Waals surface area contributed by atoms with Crippen LogP contribution in [0.4, 0.5) is 0 Å². The zero-order chi connectivity index (χ0) is 20.5. The summed E-state index contributed by atoms with van der Waals surface area (Å²) in [6, 6.07) is 15.7. The maximum Gasteiger partial charge on any atom is 0.210 e. The van der Waals surface area contributed by atoms with Crippen molar-refractivity contribution in [3.05, 3.63) is 76.9 Å². The van der Waals surface area contributed by atoms with Crippen molar-refractivity contribution in [3.63, 3.8) is 0 Å². The Hall–Kier alpha value is -2.76. The van der Waals surface area contributed by atoms with Crippen LogP contribution in [-0.4, -0.2) is 37.8 Å². The van der Waals surface area contributed by atoms with Gasteiger partial charge >= 0.3 is 0 Å². The Balaban J connectivity index is 2.16. The number of ketones is 2. The molecule has 2 aliphatic rings. The van der Waals surface area contributed by atoms with Crippen LogP contribution >= 0.6 is 0 Å². The highest BCUT2D eigenvalue weighted by molar-refractivity contribution is 6.20. The van der Waals surface area contributed by atoms with Gasteiger partial charge in [-0.3, -0.25) is 9.59 Å². The number of carbonyl (C=O) groups is 2. The van der Waals surface area contributed by atoms with Crippen LogP contribution in [0.25, 0.3) is 5.70 Å². The molecule has 0 bridgehead atoms.